The molecule has 2 rings (SSSR count). The van der Waals surface area contributed by atoms with E-state index in [2.05, 4.69) is 9.72 Å². The molecule has 6 nitrogen and oxygen atoms in total. The van der Waals surface area contributed by atoms with E-state index in [4.69, 9.17) is 0 Å². The Bertz CT molecular complexity index is 548. The van der Waals surface area contributed by atoms with Gasteiger partial charge in [0.2, 0.25) is 0 Å². The van der Waals surface area contributed by atoms with Gasteiger partial charge in [-0.3, -0.25) is 14.9 Å². The maximum atomic E-state index is 10.6. The monoisotopic (exact) mass is 250 g/mol. The molecule has 0 radical (unpaired) electrons. The molecule has 0 saturated heterocycles. The summed E-state index contributed by atoms with van der Waals surface area (Å²) in [5.74, 6) is 0. The molecule has 0 saturated carbocycles. The number of nitrogens with one attached hydrogen (secondary N) is 1. The van der Waals surface area contributed by atoms with Gasteiger partial charge in [-0.1, -0.05) is 11.6 Å². The summed E-state index contributed by atoms with van der Waals surface area (Å²) in [6.45, 7) is 4.58. The second-order valence-electron chi connectivity index (χ2n) is 3.53. The number of fused-ring (bicyclic) bond motifs is 1. The van der Waals surface area contributed by atoms with Crippen molar-refractivity contribution >= 4 is 23.1 Å². The molecule has 6 heteroatoms. The fourth-order valence-electron chi connectivity index (χ4n) is 1.44. The van der Waals surface area contributed by atoms with Crippen LogP contribution >= 0.6 is 0 Å². The molecule has 0 spiro atoms. The molecule has 2 aromatic rings. The van der Waals surface area contributed by atoms with Gasteiger partial charge in [-0.05, 0) is 26.0 Å². The van der Waals surface area contributed by atoms with E-state index < -0.39 is 0 Å². The number of aromatic amines is 1. The molecule has 1 heterocycles. The number of rotatable bonds is 3. The number of aromatic nitrogens is 1. The number of benzene rings is 1. The number of nitro groups is 1. The van der Waals surface area contributed by atoms with Gasteiger partial charge >= 0.3 is 0 Å². The van der Waals surface area contributed by atoms with Gasteiger partial charge in [0.1, 0.15) is 0 Å². The van der Waals surface area contributed by atoms with Crippen LogP contribution in [0.3, 0.4) is 0 Å². The van der Waals surface area contributed by atoms with E-state index in [9.17, 15) is 14.9 Å². The first-order chi connectivity index (χ1) is 8.60. The Morgan fingerprint density at radius 1 is 1.50 bits per heavy atom. The van der Waals surface area contributed by atoms with Crippen LogP contribution in [0, 0.1) is 17.0 Å². The van der Waals surface area contributed by atoms with Gasteiger partial charge in [0.05, 0.1) is 28.6 Å². The number of aryl methyl sites for hydroxylation is 1. The van der Waals surface area contributed by atoms with Gasteiger partial charge in [-0.15, -0.1) is 0 Å². The zero-order chi connectivity index (χ0) is 13.5. The molecule has 0 bridgehead atoms. The number of ether oxygens (including phenoxy) is 1. The van der Waals surface area contributed by atoms with Gasteiger partial charge < -0.3 is 9.72 Å². The minimum absolute atomic E-state index is 0.138. The van der Waals surface area contributed by atoms with Crippen LogP contribution in [-0.4, -0.2) is 23.0 Å². The molecule has 0 aliphatic heterocycles. The number of carbonyl (C=O) groups excluding carboxylic acids is 1. The first-order valence-corrected chi connectivity index (χ1v) is 5.37. The molecule has 0 aliphatic carbocycles. The lowest BCUT2D eigenvalue weighted by molar-refractivity contribution is -0.383. The highest BCUT2D eigenvalue weighted by atomic mass is 16.6. The van der Waals surface area contributed by atoms with E-state index >= 15 is 0 Å². The Kier molecular flexibility index (Phi) is 4.86. The lowest BCUT2D eigenvalue weighted by Gasteiger charge is -1.92. The molecular weight excluding hydrogens is 236 g/mol. The van der Waals surface area contributed by atoms with Crippen molar-refractivity contribution in [1.82, 2.24) is 4.98 Å². The minimum atomic E-state index is -0.377. The molecule has 0 aliphatic rings. The predicted octanol–water partition coefficient (Wildman–Crippen LogP) is 2.56. The molecule has 0 fully saturated rings. The summed E-state index contributed by atoms with van der Waals surface area (Å²) in [4.78, 5) is 22.2. The number of hydrogen-bond acceptors (Lipinski definition) is 4. The highest BCUT2D eigenvalue weighted by Gasteiger charge is 2.12. The van der Waals surface area contributed by atoms with Gasteiger partial charge in [0, 0.05) is 0 Å². The van der Waals surface area contributed by atoms with Crippen molar-refractivity contribution in [1.29, 1.82) is 0 Å². The zero-order valence-electron chi connectivity index (χ0n) is 10.2. The van der Waals surface area contributed by atoms with Gasteiger partial charge in [-0.2, -0.15) is 0 Å². The summed E-state index contributed by atoms with van der Waals surface area (Å²) >= 11 is 0. The third-order valence-electron chi connectivity index (χ3n) is 2.25. The fraction of sp³-hybridized carbons (Fsp3) is 0.250. The molecule has 0 atom stereocenters. The first kappa shape index (κ1) is 13.7. The second-order valence-corrected chi connectivity index (χ2v) is 3.53. The van der Waals surface area contributed by atoms with Crippen molar-refractivity contribution in [3.05, 3.63) is 40.1 Å². The Hall–Kier alpha value is -2.37. The number of hydrogen-bond donors (Lipinski definition) is 1. The summed E-state index contributed by atoms with van der Waals surface area (Å²) in [6.07, 6.45) is 1.42. The molecule has 0 amide bonds. The molecular formula is C12H14N2O4. The molecule has 18 heavy (non-hydrogen) atoms. The van der Waals surface area contributed by atoms with Crippen LogP contribution in [0.2, 0.25) is 0 Å². The summed E-state index contributed by atoms with van der Waals surface area (Å²) in [5, 5.41) is 11.2. The molecule has 1 N–H and O–H groups in total. The lowest BCUT2D eigenvalue weighted by Crippen LogP contribution is -1.84. The lowest BCUT2D eigenvalue weighted by atomic mass is 10.2. The molecule has 96 valence electrons. The smallest absolute Gasteiger partial charge is 0.294 e. The van der Waals surface area contributed by atoms with Crippen LogP contribution in [0.1, 0.15) is 12.5 Å². The predicted molar refractivity (Wildman–Crippen MR) is 67.4 cm³/mol. The Morgan fingerprint density at radius 2 is 2.22 bits per heavy atom. The van der Waals surface area contributed by atoms with Crippen molar-refractivity contribution in [2.24, 2.45) is 0 Å². The van der Waals surface area contributed by atoms with Gasteiger partial charge in [0.15, 0.2) is 0 Å². The number of H-pyrrole nitrogens is 1. The second kappa shape index (κ2) is 6.39. The van der Waals surface area contributed by atoms with Crippen LogP contribution in [0.25, 0.3) is 10.9 Å². The molecule has 1 aromatic heterocycles. The van der Waals surface area contributed by atoms with Crippen molar-refractivity contribution in [2.45, 2.75) is 13.8 Å². The summed E-state index contributed by atoms with van der Waals surface area (Å²) in [6, 6.07) is 5.57. The normalized spacial score (nSPS) is 9.44. The van der Waals surface area contributed by atoms with Gasteiger partial charge in [0.25, 0.3) is 12.2 Å². The zero-order valence-corrected chi connectivity index (χ0v) is 10.2. The van der Waals surface area contributed by atoms with E-state index in [1.165, 1.54) is 6.20 Å². The average molecular weight is 250 g/mol. The summed E-state index contributed by atoms with van der Waals surface area (Å²) < 4.78 is 4.15. The molecule has 0 unspecified atom stereocenters. The first-order valence-electron chi connectivity index (χ1n) is 5.37. The van der Waals surface area contributed by atoms with Crippen LogP contribution in [0.15, 0.2) is 24.4 Å². The van der Waals surface area contributed by atoms with Crippen molar-refractivity contribution in [3.63, 3.8) is 0 Å². The van der Waals surface area contributed by atoms with E-state index in [0.717, 1.165) is 11.1 Å². The maximum Gasteiger partial charge on any atom is 0.294 e. The van der Waals surface area contributed by atoms with E-state index in [-0.39, 0.29) is 10.6 Å². The third kappa shape index (κ3) is 3.31. The number of carbonyl (C=O) groups is 1. The third-order valence-corrected chi connectivity index (χ3v) is 2.25. The van der Waals surface area contributed by atoms with Crippen molar-refractivity contribution < 1.29 is 14.5 Å². The summed E-state index contributed by atoms with van der Waals surface area (Å²) in [7, 11) is 0. The quantitative estimate of drug-likeness (QED) is 0.515. The fourth-order valence-corrected chi connectivity index (χ4v) is 1.44. The topological polar surface area (TPSA) is 85.2 Å². The van der Waals surface area contributed by atoms with E-state index in [1.54, 1.807) is 6.92 Å². The molecule has 1 aromatic carbocycles. The average Bonchev–Trinajstić information content (AvgIpc) is 2.73. The van der Waals surface area contributed by atoms with Gasteiger partial charge in [-0.25, -0.2) is 0 Å². The Balaban J connectivity index is 0.000000280. The van der Waals surface area contributed by atoms with Crippen molar-refractivity contribution in [2.75, 3.05) is 6.61 Å². The van der Waals surface area contributed by atoms with Crippen LogP contribution in [-0.2, 0) is 9.53 Å². The van der Waals surface area contributed by atoms with E-state index in [1.807, 2.05) is 25.1 Å². The largest absolute Gasteiger partial charge is 0.468 e. The van der Waals surface area contributed by atoms with Crippen LogP contribution in [0.5, 0.6) is 0 Å². The standard InChI is InChI=1S/C9H8N2O2.C3H6O2/c1-6-2-3-8-7(4-6)9(5-10-8)11(12)13;1-2-5-3-4/h2-5,10H,1H3;3H,2H2,1H3. The van der Waals surface area contributed by atoms with Crippen LogP contribution in [0.4, 0.5) is 5.69 Å². The Morgan fingerprint density at radius 3 is 2.72 bits per heavy atom. The summed E-state index contributed by atoms with van der Waals surface area (Å²) in [5.41, 5.74) is 1.96. The minimum Gasteiger partial charge on any atom is -0.468 e. The highest BCUT2D eigenvalue weighted by molar-refractivity contribution is 5.89. The van der Waals surface area contributed by atoms with Crippen LogP contribution < -0.4 is 0 Å². The highest BCUT2D eigenvalue weighted by Crippen LogP contribution is 2.25. The van der Waals surface area contributed by atoms with E-state index in [0.29, 0.717) is 18.5 Å². The Labute approximate surface area is 104 Å². The maximum absolute atomic E-state index is 10.6. The SMILES string of the molecule is CCOC=O.Cc1ccc2[nH]cc([N+](=O)[O-])c2c1. The van der Waals surface area contributed by atoms with Crippen molar-refractivity contribution in [3.8, 4) is 0 Å². The number of nitrogens with zero attached hydrogens (tertiary/aromatic N) is 1.